The average molecular weight is 273 g/mol. The second kappa shape index (κ2) is 5.45. The van der Waals surface area contributed by atoms with Crippen molar-refractivity contribution in [1.29, 1.82) is 0 Å². The molecule has 0 saturated carbocycles. The van der Waals surface area contributed by atoms with Gasteiger partial charge in [-0.05, 0) is 39.8 Å². The van der Waals surface area contributed by atoms with Gasteiger partial charge in [0.15, 0.2) is 0 Å². The number of hydrogen-bond donors (Lipinski definition) is 0. The molecule has 1 aromatic carbocycles. The maximum absolute atomic E-state index is 12.3. The van der Waals surface area contributed by atoms with E-state index in [0.717, 1.165) is 0 Å². The lowest BCUT2D eigenvalue weighted by atomic mass is 10.3. The number of hydrogen-bond acceptors (Lipinski definition) is 3. The average Bonchev–Trinajstić information content (AvgIpc) is 2.62. The second-order valence-corrected chi connectivity index (χ2v) is 5.27. The van der Waals surface area contributed by atoms with Gasteiger partial charge in [0.05, 0.1) is 5.69 Å². The highest BCUT2D eigenvalue weighted by atomic mass is 16.2. The SMILES string of the molecule is CC(C)N=C1N(c2ccccc2)C(=O)C(=O)N1C(C)C. The van der Waals surface area contributed by atoms with Crippen LogP contribution in [0.5, 0.6) is 0 Å². The molecular formula is C15H19N3O2. The van der Waals surface area contributed by atoms with Crippen LogP contribution in [0.4, 0.5) is 5.69 Å². The molecule has 0 spiro atoms. The van der Waals surface area contributed by atoms with Gasteiger partial charge < -0.3 is 0 Å². The van der Waals surface area contributed by atoms with Crippen LogP contribution in [-0.4, -0.2) is 34.8 Å². The Balaban J connectivity index is 2.54. The molecule has 1 fully saturated rings. The summed E-state index contributed by atoms with van der Waals surface area (Å²) in [5, 5.41) is 0. The minimum absolute atomic E-state index is 0.00355. The summed E-state index contributed by atoms with van der Waals surface area (Å²) in [6.45, 7) is 7.58. The van der Waals surface area contributed by atoms with Crippen LogP contribution in [0.15, 0.2) is 35.3 Å². The number of nitrogens with zero attached hydrogens (tertiary/aromatic N) is 3. The lowest BCUT2D eigenvalue weighted by Crippen LogP contribution is -2.40. The molecule has 20 heavy (non-hydrogen) atoms. The van der Waals surface area contributed by atoms with E-state index in [0.29, 0.717) is 11.6 Å². The van der Waals surface area contributed by atoms with E-state index in [2.05, 4.69) is 4.99 Å². The molecule has 1 saturated heterocycles. The van der Waals surface area contributed by atoms with Crippen LogP contribution < -0.4 is 4.90 Å². The van der Waals surface area contributed by atoms with Gasteiger partial charge in [-0.2, -0.15) is 0 Å². The lowest BCUT2D eigenvalue weighted by molar-refractivity contribution is -0.139. The second-order valence-electron chi connectivity index (χ2n) is 5.27. The third-order valence-electron chi connectivity index (χ3n) is 2.92. The molecular weight excluding hydrogens is 254 g/mol. The van der Waals surface area contributed by atoms with Gasteiger partial charge in [-0.3, -0.25) is 14.5 Å². The summed E-state index contributed by atoms with van der Waals surface area (Å²) < 4.78 is 0. The van der Waals surface area contributed by atoms with E-state index in [1.54, 1.807) is 12.1 Å². The van der Waals surface area contributed by atoms with Crippen LogP contribution in [-0.2, 0) is 9.59 Å². The molecule has 0 N–H and O–H groups in total. The van der Waals surface area contributed by atoms with Crippen molar-refractivity contribution >= 4 is 23.5 Å². The zero-order valence-electron chi connectivity index (χ0n) is 12.2. The van der Waals surface area contributed by atoms with Gasteiger partial charge in [-0.1, -0.05) is 18.2 Å². The predicted molar refractivity (Wildman–Crippen MR) is 78.5 cm³/mol. The summed E-state index contributed by atoms with van der Waals surface area (Å²) in [4.78, 5) is 31.8. The topological polar surface area (TPSA) is 53.0 Å². The Morgan fingerprint density at radius 3 is 2.05 bits per heavy atom. The molecule has 1 heterocycles. The number of benzene rings is 1. The van der Waals surface area contributed by atoms with E-state index in [-0.39, 0.29) is 12.1 Å². The third-order valence-corrected chi connectivity index (χ3v) is 2.92. The van der Waals surface area contributed by atoms with Crippen molar-refractivity contribution in [2.24, 2.45) is 4.99 Å². The van der Waals surface area contributed by atoms with Gasteiger partial charge in [0.1, 0.15) is 0 Å². The number of aliphatic imine (C=N–C) groups is 1. The van der Waals surface area contributed by atoms with E-state index in [1.807, 2.05) is 45.9 Å². The molecule has 2 rings (SSSR count). The molecule has 5 nitrogen and oxygen atoms in total. The van der Waals surface area contributed by atoms with Crippen molar-refractivity contribution in [3.05, 3.63) is 30.3 Å². The summed E-state index contributed by atoms with van der Waals surface area (Å²) in [6.07, 6.45) is 0. The minimum atomic E-state index is -0.552. The van der Waals surface area contributed by atoms with Crippen LogP contribution in [0.3, 0.4) is 0 Å². The number of guanidine groups is 1. The third kappa shape index (κ3) is 2.43. The van der Waals surface area contributed by atoms with E-state index in [9.17, 15) is 9.59 Å². The minimum Gasteiger partial charge on any atom is -0.271 e. The fourth-order valence-electron chi connectivity index (χ4n) is 2.11. The summed E-state index contributed by atoms with van der Waals surface area (Å²) >= 11 is 0. The zero-order valence-corrected chi connectivity index (χ0v) is 12.2. The quantitative estimate of drug-likeness (QED) is 0.791. The Kier molecular flexibility index (Phi) is 3.88. The van der Waals surface area contributed by atoms with Gasteiger partial charge in [0.2, 0.25) is 5.96 Å². The largest absolute Gasteiger partial charge is 0.323 e. The monoisotopic (exact) mass is 273 g/mol. The van der Waals surface area contributed by atoms with E-state index in [1.165, 1.54) is 9.80 Å². The van der Waals surface area contributed by atoms with Crippen LogP contribution in [0.2, 0.25) is 0 Å². The smallest absolute Gasteiger partial charge is 0.271 e. The van der Waals surface area contributed by atoms with Gasteiger partial charge >= 0.3 is 11.8 Å². The van der Waals surface area contributed by atoms with Gasteiger partial charge in [-0.25, -0.2) is 9.89 Å². The molecule has 0 aliphatic carbocycles. The van der Waals surface area contributed by atoms with Crippen molar-refractivity contribution in [3.8, 4) is 0 Å². The van der Waals surface area contributed by atoms with Crippen LogP contribution in [0, 0.1) is 0 Å². The molecule has 2 amide bonds. The molecule has 1 aliphatic heterocycles. The number of carbonyl (C=O) groups is 2. The van der Waals surface area contributed by atoms with Crippen molar-refractivity contribution in [1.82, 2.24) is 4.90 Å². The van der Waals surface area contributed by atoms with Crippen molar-refractivity contribution in [3.63, 3.8) is 0 Å². The van der Waals surface area contributed by atoms with E-state index >= 15 is 0 Å². The number of carbonyl (C=O) groups excluding carboxylic acids is 2. The number of amides is 2. The van der Waals surface area contributed by atoms with Gasteiger partial charge in [-0.15, -0.1) is 0 Å². The van der Waals surface area contributed by atoms with Gasteiger partial charge in [0, 0.05) is 12.1 Å². The zero-order chi connectivity index (χ0) is 14.9. The first-order valence-corrected chi connectivity index (χ1v) is 6.74. The van der Waals surface area contributed by atoms with Crippen molar-refractivity contribution < 1.29 is 9.59 Å². The van der Waals surface area contributed by atoms with Gasteiger partial charge in [0.25, 0.3) is 0 Å². The highest BCUT2D eigenvalue weighted by Gasteiger charge is 2.44. The molecule has 106 valence electrons. The summed E-state index contributed by atoms with van der Waals surface area (Å²) in [5.41, 5.74) is 0.661. The van der Waals surface area contributed by atoms with Crippen LogP contribution in [0.1, 0.15) is 27.7 Å². The number of rotatable bonds is 3. The first-order valence-electron chi connectivity index (χ1n) is 6.74. The molecule has 0 bridgehead atoms. The lowest BCUT2D eigenvalue weighted by Gasteiger charge is -2.23. The Morgan fingerprint density at radius 2 is 1.55 bits per heavy atom. The fraction of sp³-hybridized carbons (Fsp3) is 0.400. The molecule has 0 radical (unpaired) electrons. The molecule has 0 atom stereocenters. The summed E-state index contributed by atoms with van der Waals surface area (Å²) in [5.74, 6) is -0.663. The Morgan fingerprint density at radius 1 is 0.950 bits per heavy atom. The normalized spacial score (nSPS) is 18.0. The first-order chi connectivity index (χ1) is 9.43. The number of para-hydroxylation sites is 1. The molecule has 1 aliphatic rings. The predicted octanol–water partition coefficient (Wildman–Crippen LogP) is 2.03. The first kappa shape index (κ1) is 14.2. The summed E-state index contributed by atoms with van der Waals surface area (Å²) in [6, 6.07) is 9.01. The van der Waals surface area contributed by atoms with Crippen LogP contribution in [0.25, 0.3) is 0 Å². The Bertz CT molecular complexity index is 549. The Hall–Kier alpha value is -2.17. The maximum atomic E-state index is 12.3. The molecule has 0 unspecified atom stereocenters. The Labute approximate surface area is 118 Å². The van der Waals surface area contributed by atoms with Crippen molar-refractivity contribution in [2.75, 3.05) is 4.90 Å². The van der Waals surface area contributed by atoms with E-state index in [4.69, 9.17) is 0 Å². The summed E-state index contributed by atoms with van der Waals surface area (Å²) in [7, 11) is 0. The fourth-order valence-corrected chi connectivity index (χ4v) is 2.11. The molecule has 0 aromatic heterocycles. The maximum Gasteiger partial charge on any atom is 0.323 e. The standard InChI is InChI=1S/C15H19N3O2/c1-10(2)16-15-17(11(3)4)13(19)14(20)18(15)12-8-6-5-7-9-12/h5-11H,1-4H3. The highest BCUT2D eigenvalue weighted by molar-refractivity contribution is 6.53. The van der Waals surface area contributed by atoms with Crippen molar-refractivity contribution in [2.45, 2.75) is 39.8 Å². The molecule has 1 aromatic rings. The van der Waals surface area contributed by atoms with Crippen LogP contribution >= 0.6 is 0 Å². The van der Waals surface area contributed by atoms with E-state index < -0.39 is 11.8 Å². The molecule has 5 heteroatoms. The number of anilines is 1. The highest BCUT2D eigenvalue weighted by Crippen LogP contribution is 2.23.